The lowest BCUT2D eigenvalue weighted by Crippen LogP contribution is -2.14. The van der Waals surface area contributed by atoms with E-state index in [1.807, 2.05) is 290 Å². The number of fused-ring (bicyclic) bond motifs is 1. The van der Waals surface area contributed by atoms with Gasteiger partial charge in [-0.15, -0.1) is 0 Å². The van der Waals surface area contributed by atoms with Crippen LogP contribution in [0.2, 0.25) is 0 Å². The number of hydrogen-bond acceptors (Lipinski definition) is 5. The largest absolute Gasteiger partial charge is 0.383 e. The molecule has 0 aliphatic carbocycles. The molecule has 0 spiro atoms. The number of anilines is 1. The first-order valence-corrected chi connectivity index (χ1v) is 72.9. The Morgan fingerprint density at radius 3 is 0.940 bits per heavy atom. The van der Waals surface area contributed by atoms with Gasteiger partial charge in [-0.2, -0.15) is 0 Å². The first kappa shape index (κ1) is 70.5. The van der Waals surface area contributed by atoms with Gasteiger partial charge in [-0.1, -0.05) is 20.8 Å². The summed E-state index contributed by atoms with van der Waals surface area (Å²) < 4.78 is 26.5. The van der Waals surface area contributed by atoms with Gasteiger partial charge in [0.25, 0.3) is 0 Å². The van der Waals surface area contributed by atoms with E-state index in [4.69, 9.17) is 28.1 Å². The predicted octanol–water partition coefficient (Wildman–Crippen LogP) is 3.67. The Labute approximate surface area is 517 Å². The van der Waals surface area contributed by atoms with E-state index in [1.54, 1.807) is 107 Å². The monoisotopic (exact) mass is 1740 g/mol. The average Bonchev–Trinajstić information content (AvgIpc) is 3.71. The zero-order chi connectivity index (χ0) is 48.5. The molecule has 0 amide bonds. The predicted molar refractivity (Wildman–Crippen MR) is 414 cm³/mol. The summed E-state index contributed by atoms with van der Waals surface area (Å²) >= 11 is 9.62. The molecule has 384 valence electrons. The van der Waals surface area contributed by atoms with Crippen LogP contribution in [-0.4, -0.2) is 15.0 Å². The molecule has 3 aromatic rings. The molecule has 0 fully saturated rings. The second kappa shape index (κ2) is 50.4. The number of nitrogens with one attached hydrogen (secondary N) is 1. The minimum Gasteiger partial charge on any atom is -0.383 e. The molecule has 2 heterocycles. The maximum Gasteiger partial charge on any atom is 0.161 e. The smallest absolute Gasteiger partial charge is 0.161 e. The molecular weight excluding hydrogens is 1730 g/mol. The van der Waals surface area contributed by atoms with Gasteiger partial charge in [0.05, 0.1) is 16.6 Å². The molecule has 4 nitrogen and oxygen atoms in total. The molecular formula is C16H16F2N4S45. The van der Waals surface area contributed by atoms with Crippen LogP contribution in [0, 0.1) is 11.6 Å². The lowest BCUT2D eigenvalue weighted by Gasteiger charge is -2.18. The zero-order valence-electron chi connectivity index (χ0n) is 30.9. The van der Waals surface area contributed by atoms with Gasteiger partial charge >= 0.3 is 0 Å². The van der Waals surface area contributed by atoms with E-state index in [0.717, 1.165) is 17.8 Å². The van der Waals surface area contributed by atoms with Gasteiger partial charge < -0.3 is 10.7 Å². The van der Waals surface area contributed by atoms with Gasteiger partial charge in [0.15, 0.2) is 11.6 Å². The molecule has 51 heteroatoms. The molecule has 67 heavy (non-hydrogen) atoms. The van der Waals surface area contributed by atoms with Crippen molar-refractivity contribution in [2.75, 3.05) is 5.73 Å². The van der Waals surface area contributed by atoms with Crippen molar-refractivity contribution in [1.29, 1.82) is 0 Å². The van der Waals surface area contributed by atoms with E-state index >= 15 is 0 Å². The Balaban J connectivity index is 0.000000574. The Bertz CT molecular complexity index is 4150. The van der Waals surface area contributed by atoms with E-state index < -0.39 is 11.6 Å². The minimum atomic E-state index is -0.931. The molecule has 0 aliphatic rings. The number of halogens is 2. The van der Waals surface area contributed by atoms with Crippen molar-refractivity contribution in [1.82, 2.24) is 15.0 Å². The summed E-state index contributed by atoms with van der Waals surface area (Å²) in [6.07, 6.45) is 0. The number of hydrogen-bond donors (Lipinski definition) is 2. The highest BCUT2D eigenvalue weighted by atomic mass is 33.5. The quantitative estimate of drug-likeness (QED) is 0.390. The summed E-state index contributed by atoms with van der Waals surface area (Å²) in [6, 6.07) is 5.82. The van der Waals surface area contributed by atoms with Crippen LogP contribution in [0.15, 0.2) is 24.3 Å². The summed E-state index contributed by atoms with van der Waals surface area (Å²) in [5.41, 5.74) is 8.11. The third-order valence-corrected chi connectivity index (χ3v) is 98.0. The van der Waals surface area contributed by atoms with Crippen LogP contribution in [0.3, 0.4) is 0 Å². The molecule has 2 aromatic heterocycles. The first-order chi connectivity index (χ1) is 32.7. The van der Waals surface area contributed by atoms with Crippen molar-refractivity contribution in [2.24, 2.45) is 0 Å². The zero-order valence-corrected chi connectivity index (χ0v) is 67.7. The van der Waals surface area contributed by atoms with Crippen LogP contribution < -0.4 is 5.73 Å². The normalized spacial score (nSPS) is 9.15. The van der Waals surface area contributed by atoms with Gasteiger partial charge in [-0.3, -0.25) is 0 Å². The molecule has 0 bridgehead atoms. The number of benzene rings is 1. The first-order valence-electron chi connectivity index (χ1n) is 14.2. The number of nitrogens with two attached hydrogens (primary N) is 1. The summed E-state index contributed by atoms with van der Waals surface area (Å²) in [5.74, 6) is -1.09. The summed E-state index contributed by atoms with van der Waals surface area (Å²) in [7, 11) is 76.6. The molecule has 3 rings (SSSR count). The fourth-order valence-electron chi connectivity index (χ4n) is 2.69. The number of imidazole rings is 1. The molecule has 0 unspecified atom stereocenters. The van der Waals surface area contributed by atoms with E-state index in [9.17, 15) is 8.78 Å². The Kier molecular flexibility index (Phi) is 53.0. The van der Waals surface area contributed by atoms with Gasteiger partial charge in [-0.25, -0.2) is 18.7 Å². The van der Waals surface area contributed by atoms with Crippen molar-refractivity contribution in [3.8, 4) is 11.4 Å². The van der Waals surface area contributed by atoms with Crippen LogP contribution in [0.4, 0.5) is 14.6 Å². The molecule has 1 aromatic carbocycles. The van der Waals surface area contributed by atoms with E-state index in [2.05, 4.69) is 15.0 Å². The number of H-pyrrole nitrogens is 1. The summed E-state index contributed by atoms with van der Waals surface area (Å²) in [5, 5.41) is 0. The number of pyridine rings is 1. The fraction of sp³-hybridized carbons (Fsp3) is 0.250. The molecule has 0 saturated carbocycles. The van der Waals surface area contributed by atoms with Crippen molar-refractivity contribution < 1.29 is 8.78 Å². The van der Waals surface area contributed by atoms with Crippen LogP contribution >= 0.6 is 0 Å². The molecule has 0 radical (unpaired) electrons. The highest BCUT2D eigenvalue weighted by Gasteiger charge is 2.18. The topological polar surface area (TPSA) is 67.6 Å². The molecule has 0 aliphatic heterocycles. The van der Waals surface area contributed by atoms with Crippen LogP contribution in [-0.2, 0) is 410 Å². The van der Waals surface area contributed by atoms with Crippen molar-refractivity contribution in [3.05, 3.63) is 41.6 Å². The van der Waals surface area contributed by atoms with Gasteiger partial charge in [0, 0.05) is 427 Å². The van der Waals surface area contributed by atoms with Crippen molar-refractivity contribution >= 4 is 421 Å². The molecule has 0 atom stereocenters. The van der Waals surface area contributed by atoms with Crippen LogP contribution in [0.1, 0.15) is 26.5 Å². The van der Waals surface area contributed by atoms with Crippen molar-refractivity contribution in [2.45, 2.75) is 26.2 Å². The minimum absolute atomic E-state index is 0.118. The van der Waals surface area contributed by atoms with Gasteiger partial charge in [0.2, 0.25) is 0 Å². The maximum absolute atomic E-state index is 13.3. The average molecular weight is 1750 g/mol. The maximum atomic E-state index is 13.3. The fourth-order valence-corrected chi connectivity index (χ4v) is 115. The number of aromatic nitrogens is 3. The number of nitrogen functional groups attached to an aromatic ring is 1. The SMILES string of the molecule is CC(C)(C)c1ccc(-c2nc3cc(F)c(F)cc3[nH]2)c(N)n1.S=S=S=S=S=S=S=S=S=S=S=S=S=S=S=S=S=S=S=S=S=S=S=S=S=S=S=S=S=S=S=S=S=S=S=S=S=S=S=S=S=S=S=S=S. The Morgan fingerprint density at radius 1 is 0.418 bits per heavy atom. The lowest BCUT2D eigenvalue weighted by molar-refractivity contribution is 0.510. The number of aromatic amines is 1. The third kappa shape index (κ3) is 40.3. The summed E-state index contributed by atoms with van der Waals surface area (Å²) in [6.45, 7) is 6.13. The summed E-state index contributed by atoms with van der Waals surface area (Å²) in [4.78, 5) is 11.6. The van der Waals surface area contributed by atoms with Crippen LogP contribution in [0.25, 0.3) is 22.4 Å². The Morgan fingerprint density at radius 2 is 0.687 bits per heavy atom. The molecule has 0 saturated heterocycles. The van der Waals surface area contributed by atoms with Crippen LogP contribution in [0.5, 0.6) is 0 Å². The highest BCUT2D eigenvalue weighted by Crippen LogP contribution is 2.29. The lowest BCUT2D eigenvalue weighted by atomic mass is 9.91. The molecule has 3 N–H and O–H groups in total. The Hall–Kier alpha value is 7.40. The number of rotatable bonds is 1. The standard InChI is InChI=1S/C16H16F2N4.S45/c1-16(2,3)13-5-4-8(14(19)22-13)15-20-11-6-9(17)10(18)7-12(11)21-15;1-3-5-7-9-11-13-15-17-19-21-23-25-27-29-31-33-35-37-39-41-43-45-44-42-40-38-36-34-32-30-28-26-24-22-20-18-16-14-12-10-8-6-4-2/h4-7H,1-3H3,(H2,19,22)(H,20,21);. The van der Waals surface area contributed by atoms with Gasteiger partial charge in [-0.05, 0) is 12.1 Å². The van der Waals surface area contributed by atoms with Gasteiger partial charge in [0.1, 0.15) is 11.6 Å². The third-order valence-electron chi connectivity index (χ3n) is 4.64. The second-order valence-electron chi connectivity index (χ2n) is 9.17. The second-order valence-corrected chi connectivity index (χ2v) is 85.2. The number of nitrogens with zero attached hydrogens (tertiary/aromatic N) is 2. The highest BCUT2D eigenvalue weighted by molar-refractivity contribution is 8.81. The van der Waals surface area contributed by atoms with Crippen molar-refractivity contribution in [3.63, 3.8) is 0 Å². The van der Waals surface area contributed by atoms with E-state index in [0.29, 0.717) is 28.2 Å². The van der Waals surface area contributed by atoms with E-state index in [1.165, 1.54) is 17.8 Å². The van der Waals surface area contributed by atoms with E-state index in [-0.39, 0.29) is 5.41 Å².